The average molecular weight is 198 g/mol. The van der Waals surface area contributed by atoms with Crippen LogP contribution in [-0.2, 0) is 9.53 Å². The van der Waals surface area contributed by atoms with Crippen LogP contribution in [0.25, 0.3) is 0 Å². The second-order valence-corrected chi connectivity index (χ2v) is 3.48. The number of rotatable bonds is 8. The molecule has 0 saturated carbocycles. The highest BCUT2D eigenvalue weighted by Gasteiger charge is 2.12. The standard InChI is InChI=1S/C12H22O2/c1-4-7-8-9-10-14-12(13)11(5-2)6-3/h5,11H,2,4,6-10H2,1,3H3. The predicted molar refractivity (Wildman–Crippen MR) is 59.1 cm³/mol. The molecule has 2 heteroatoms. The van der Waals surface area contributed by atoms with E-state index in [4.69, 9.17) is 4.74 Å². The van der Waals surface area contributed by atoms with Gasteiger partial charge in [0.15, 0.2) is 0 Å². The number of hydrogen-bond acceptors (Lipinski definition) is 2. The Labute approximate surface area is 87.3 Å². The summed E-state index contributed by atoms with van der Waals surface area (Å²) in [6.45, 7) is 8.29. The van der Waals surface area contributed by atoms with Crippen LogP contribution in [0.2, 0.25) is 0 Å². The maximum Gasteiger partial charge on any atom is 0.312 e. The van der Waals surface area contributed by atoms with Crippen LogP contribution < -0.4 is 0 Å². The van der Waals surface area contributed by atoms with Crippen LogP contribution in [0, 0.1) is 5.92 Å². The van der Waals surface area contributed by atoms with Crippen molar-refractivity contribution in [2.24, 2.45) is 5.92 Å². The van der Waals surface area contributed by atoms with Crippen molar-refractivity contribution in [2.45, 2.75) is 46.0 Å². The highest BCUT2D eigenvalue weighted by Crippen LogP contribution is 2.07. The molecule has 0 aromatic carbocycles. The first-order chi connectivity index (χ1) is 6.76. The lowest BCUT2D eigenvalue weighted by Gasteiger charge is -2.09. The van der Waals surface area contributed by atoms with Crippen molar-refractivity contribution in [3.8, 4) is 0 Å². The van der Waals surface area contributed by atoms with Gasteiger partial charge >= 0.3 is 5.97 Å². The van der Waals surface area contributed by atoms with Crippen LogP contribution in [0.5, 0.6) is 0 Å². The van der Waals surface area contributed by atoms with Gasteiger partial charge in [-0.05, 0) is 12.8 Å². The summed E-state index contributed by atoms with van der Waals surface area (Å²) >= 11 is 0. The van der Waals surface area contributed by atoms with Crippen LogP contribution in [0.15, 0.2) is 12.7 Å². The first kappa shape index (κ1) is 13.2. The molecule has 0 saturated heterocycles. The van der Waals surface area contributed by atoms with Crippen molar-refractivity contribution in [3.05, 3.63) is 12.7 Å². The lowest BCUT2D eigenvalue weighted by atomic mass is 10.1. The Morgan fingerprint density at radius 3 is 2.57 bits per heavy atom. The predicted octanol–water partition coefficient (Wildman–Crippen LogP) is 3.32. The van der Waals surface area contributed by atoms with Crippen LogP contribution in [0.3, 0.4) is 0 Å². The summed E-state index contributed by atoms with van der Waals surface area (Å²) in [6.07, 6.45) is 6.99. The fraction of sp³-hybridized carbons (Fsp3) is 0.750. The number of hydrogen-bond donors (Lipinski definition) is 0. The molecule has 0 radical (unpaired) electrons. The zero-order valence-corrected chi connectivity index (χ0v) is 9.42. The van der Waals surface area contributed by atoms with E-state index in [2.05, 4.69) is 13.5 Å². The van der Waals surface area contributed by atoms with E-state index in [0.717, 1.165) is 19.3 Å². The van der Waals surface area contributed by atoms with Crippen molar-refractivity contribution in [2.75, 3.05) is 6.61 Å². The van der Waals surface area contributed by atoms with Gasteiger partial charge in [-0.3, -0.25) is 4.79 Å². The fourth-order valence-electron chi connectivity index (χ4n) is 1.24. The third-order valence-corrected chi connectivity index (χ3v) is 2.27. The van der Waals surface area contributed by atoms with Crippen molar-refractivity contribution < 1.29 is 9.53 Å². The molecule has 14 heavy (non-hydrogen) atoms. The first-order valence-corrected chi connectivity index (χ1v) is 5.55. The Hall–Kier alpha value is -0.790. The van der Waals surface area contributed by atoms with Gasteiger partial charge in [0.05, 0.1) is 12.5 Å². The number of carbonyl (C=O) groups excluding carboxylic acids is 1. The topological polar surface area (TPSA) is 26.3 Å². The molecule has 0 aliphatic rings. The normalized spacial score (nSPS) is 12.1. The Balaban J connectivity index is 3.47. The highest BCUT2D eigenvalue weighted by atomic mass is 16.5. The third kappa shape index (κ3) is 5.79. The van der Waals surface area contributed by atoms with Gasteiger partial charge in [-0.2, -0.15) is 0 Å². The number of ether oxygens (including phenoxy) is 1. The minimum absolute atomic E-state index is 0.124. The summed E-state index contributed by atoms with van der Waals surface area (Å²) < 4.78 is 5.12. The van der Waals surface area contributed by atoms with E-state index in [0.29, 0.717) is 6.61 Å². The zero-order chi connectivity index (χ0) is 10.8. The molecule has 0 aliphatic heterocycles. The van der Waals surface area contributed by atoms with Crippen LogP contribution in [0.4, 0.5) is 0 Å². The molecule has 0 fully saturated rings. The summed E-state index contributed by atoms with van der Waals surface area (Å²) in [6, 6.07) is 0. The molecule has 1 unspecified atom stereocenters. The Kier molecular flexibility index (Phi) is 8.30. The van der Waals surface area contributed by atoms with Crippen LogP contribution in [-0.4, -0.2) is 12.6 Å². The number of carbonyl (C=O) groups is 1. The van der Waals surface area contributed by atoms with Gasteiger partial charge in [0.25, 0.3) is 0 Å². The van der Waals surface area contributed by atoms with Crippen molar-refractivity contribution in [1.29, 1.82) is 0 Å². The molecule has 0 rings (SSSR count). The molecule has 2 nitrogen and oxygen atoms in total. The van der Waals surface area contributed by atoms with Crippen LogP contribution in [0.1, 0.15) is 46.0 Å². The molecule has 0 amide bonds. The summed E-state index contributed by atoms with van der Waals surface area (Å²) in [5, 5.41) is 0. The maximum atomic E-state index is 11.3. The van der Waals surface area contributed by atoms with E-state index in [9.17, 15) is 4.79 Å². The van der Waals surface area contributed by atoms with Gasteiger partial charge in [-0.15, -0.1) is 6.58 Å². The Bertz CT molecular complexity index is 164. The van der Waals surface area contributed by atoms with Gasteiger partial charge < -0.3 is 4.74 Å². The Morgan fingerprint density at radius 1 is 1.36 bits per heavy atom. The summed E-state index contributed by atoms with van der Waals surface area (Å²) in [5.74, 6) is -0.250. The molecule has 0 spiro atoms. The van der Waals surface area contributed by atoms with E-state index in [1.54, 1.807) is 6.08 Å². The van der Waals surface area contributed by atoms with Gasteiger partial charge in [-0.1, -0.05) is 39.2 Å². The molecule has 82 valence electrons. The quantitative estimate of drug-likeness (QED) is 0.340. The molecular formula is C12H22O2. The Morgan fingerprint density at radius 2 is 2.07 bits per heavy atom. The second kappa shape index (κ2) is 8.79. The SMILES string of the molecule is C=CC(CC)C(=O)OCCCCCC. The lowest BCUT2D eigenvalue weighted by Crippen LogP contribution is -2.15. The maximum absolute atomic E-state index is 11.3. The molecular weight excluding hydrogens is 176 g/mol. The summed E-state index contributed by atoms with van der Waals surface area (Å²) in [7, 11) is 0. The summed E-state index contributed by atoms with van der Waals surface area (Å²) in [5.41, 5.74) is 0. The van der Waals surface area contributed by atoms with Crippen molar-refractivity contribution in [1.82, 2.24) is 0 Å². The average Bonchev–Trinajstić information content (AvgIpc) is 2.19. The van der Waals surface area contributed by atoms with Gasteiger partial charge in [0.1, 0.15) is 0 Å². The van der Waals surface area contributed by atoms with E-state index in [-0.39, 0.29) is 11.9 Å². The molecule has 0 aromatic heterocycles. The smallest absolute Gasteiger partial charge is 0.312 e. The van der Waals surface area contributed by atoms with E-state index in [1.165, 1.54) is 12.8 Å². The summed E-state index contributed by atoms with van der Waals surface area (Å²) in [4.78, 5) is 11.3. The number of esters is 1. The lowest BCUT2D eigenvalue weighted by molar-refractivity contribution is -0.147. The van der Waals surface area contributed by atoms with Crippen molar-refractivity contribution >= 4 is 5.97 Å². The largest absolute Gasteiger partial charge is 0.465 e. The van der Waals surface area contributed by atoms with E-state index in [1.807, 2.05) is 6.92 Å². The van der Waals surface area contributed by atoms with Crippen molar-refractivity contribution in [3.63, 3.8) is 0 Å². The molecule has 0 heterocycles. The minimum atomic E-state index is -0.126. The zero-order valence-electron chi connectivity index (χ0n) is 9.42. The molecule has 0 N–H and O–H groups in total. The van der Waals surface area contributed by atoms with E-state index >= 15 is 0 Å². The van der Waals surface area contributed by atoms with Gasteiger partial charge in [0, 0.05) is 0 Å². The monoisotopic (exact) mass is 198 g/mol. The minimum Gasteiger partial charge on any atom is -0.465 e. The fourth-order valence-corrected chi connectivity index (χ4v) is 1.24. The molecule has 0 aromatic rings. The van der Waals surface area contributed by atoms with Crippen LogP contribution >= 0.6 is 0 Å². The van der Waals surface area contributed by atoms with E-state index < -0.39 is 0 Å². The first-order valence-electron chi connectivity index (χ1n) is 5.55. The number of unbranched alkanes of at least 4 members (excludes halogenated alkanes) is 3. The highest BCUT2D eigenvalue weighted by molar-refractivity contribution is 5.74. The van der Waals surface area contributed by atoms with Gasteiger partial charge in [-0.25, -0.2) is 0 Å². The third-order valence-electron chi connectivity index (χ3n) is 2.27. The molecule has 1 atom stereocenters. The molecule has 0 bridgehead atoms. The molecule has 0 aliphatic carbocycles. The second-order valence-electron chi connectivity index (χ2n) is 3.48. The van der Waals surface area contributed by atoms with Gasteiger partial charge in [0.2, 0.25) is 0 Å².